The van der Waals surface area contributed by atoms with Gasteiger partial charge in [-0.3, -0.25) is 19.8 Å². The van der Waals surface area contributed by atoms with Crippen molar-refractivity contribution in [2.75, 3.05) is 39.3 Å². The van der Waals surface area contributed by atoms with Crippen LogP contribution < -0.4 is 5.32 Å². The second-order valence-electron chi connectivity index (χ2n) is 7.07. The van der Waals surface area contributed by atoms with Gasteiger partial charge in [0.25, 0.3) is 5.91 Å². The van der Waals surface area contributed by atoms with E-state index < -0.39 is 23.8 Å². The quantitative estimate of drug-likeness (QED) is 0.441. The number of unbranched alkanes of at least 4 members (excludes halogenated alkanes) is 5. The van der Waals surface area contributed by atoms with Gasteiger partial charge < -0.3 is 5.11 Å². The van der Waals surface area contributed by atoms with Crippen molar-refractivity contribution in [3.8, 4) is 0 Å². The molecule has 0 bridgehead atoms. The average Bonchev–Trinajstić information content (AvgIpc) is 2.62. The van der Waals surface area contributed by atoms with Crippen molar-refractivity contribution in [2.45, 2.75) is 51.9 Å². The first-order valence-corrected chi connectivity index (χ1v) is 9.85. The van der Waals surface area contributed by atoms with Gasteiger partial charge in [-0.05, 0) is 6.42 Å². The first-order chi connectivity index (χ1) is 12.6. The van der Waals surface area contributed by atoms with Crippen LogP contribution in [0, 0.1) is 5.92 Å². The standard InChI is InChI=1S/C18H32N4O4/c1-2-3-4-5-6-7-8-15-16(24)19-18(26)22(17(15)25)21-11-9-20(10-12-21)13-14-23/h15,23H,2-14H2,1H3,(H,19,24,26). The Kier molecular flexibility index (Phi) is 8.47. The molecule has 0 saturated carbocycles. The third-order valence-electron chi connectivity index (χ3n) is 5.14. The summed E-state index contributed by atoms with van der Waals surface area (Å²) in [6, 6.07) is -0.644. The summed E-state index contributed by atoms with van der Waals surface area (Å²) in [5, 5.41) is 14.2. The number of hydrazine groups is 1. The summed E-state index contributed by atoms with van der Waals surface area (Å²) in [6.45, 7) is 5.25. The molecule has 0 spiro atoms. The minimum Gasteiger partial charge on any atom is -0.395 e. The van der Waals surface area contributed by atoms with E-state index in [-0.39, 0.29) is 6.61 Å². The van der Waals surface area contributed by atoms with Crippen molar-refractivity contribution in [2.24, 2.45) is 5.92 Å². The van der Waals surface area contributed by atoms with Gasteiger partial charge in [-0.1, -0.05) is 45.4 Å². The van der Waals surface area contributed by atoms with E-state index in [2.05, 4.69) is 17.1 Å². The number of nitrogens with one attached hydrogen (secondary N) is 1. The highest BCUT2D eigenvalue weighted by Crippen LogP contribution is 2.20. The van der Waals surface area contributed by atoms with Crippen LogP contribution in [0.4, 0.5) is 4.79 Å². The molecule has 2 aliphatic heterocycles. The molecule has 8 heteroatoms. The van der Waals surface area contributed by atoms with Crippen molar-refractivity contribution < 1.29 is 19.5 Å². The molecule has 8 nitrogen and oxygen atoms in total. The molecule has 2 fully saturated rings. The number of piperazine rings is 1. The van der Waals surface area contributed by atoms with E-state index in [1.54, 1.807) is 5.01 Å². The SMILES string of the molecule is CCCCCCCCC1C(=O)NC(=O)N(N2CCN(CCO)CC2)C1=O. The Bertz CT molecular complexity index is 492. The summed E-state index contributed by atoms with van der Waals surface area (Å²) in [4.78, 5) is 39.2. The van der Waals surface area contributed by atoms with Crippen molar-refractivity contribution in [1.82, 2.24) is 20.2 Å². The Hall–Kier alpha value is -1.51. The minimum atomic E-state index is -0.769. The number of carbonyl (C=O) groups excluding carboxylic acids is 3. The fraction of sp³-hybridized carbons (Fsp3) is 0.833. The van der Waals surface area contributed by atoms with Crippen molar-refractivity contribution in [1.29, 1.82) is 0 Å². The van der Waals surface area contributed by atoms with Gasteiger partial charge in [0.1, 0.15) is 5.92 Å². The highest BCUT2D eigenvalue weighted by molar-refractivity contribution is 6.15. The molecule has 0 aromatic carbocycles. The number of rotatable bonds is 10. The smallest absolute Gasteiger partial charge is 0.345 e. The molecule has 0 aromatic heterocycles. The third-order valence-corrected chi connectivity index (χ3v) is 5.14. The lowest BCUT2D eigenvalue weighted by Gasteiger charge is -2.42. The van der Waals surface area contributed by atoms with Crippen LogP contribution in [0.5, 0.6) is 0 Å². The molecule has 0 aromatic rings. The average molecular weight is 368 g/mol. The number of aliphatic hydroxyl groups excluding tert-OH is 1. The van der Waals surface area contributed by atoms with Crippen LogP contribution in [0.2, 0.25) is 0 Å². The first-order valence-electron chi connectivity index (χ1n) is 9.85. The number of nitrogens with zero attached hydrogens (tertiary/aromatic N) is 3. The zero-order valence-electron chi connectivity index (χ0n) is 15.8. The second-order valence-corrected chi connectivity index (χ2v) is 7.07. The van der Waals surface area contributed by atoms with E-state index in [0.717, 1.165) is 24.3 Å². The van der Waals surface area contributed by atoms with Gasteiger partial charge in [0.2, 0.25) is 5.91 Å². The van der Waals surface area contributed by atoms with E-state index in [1.807, 2.05) is 0 Å². The lowest BCUT2D eigenvalue weighted by molar-refractivity contribution is -0.156. The number of β-amino-alcohol motifs (C(OH)–C–C–N with tert-alkyl or cyclic N) is 1. The molecule has 2 heterocycles. The Balaban J connectivity index is 1.86. The third kappa shape index (κ3) is 5.49. The second kappa shape index (κ2) is 10.6. The summed E-state index contributed by atoms with van der Waals surface area (Å²) in [6.07, 6.45) is 7.02. The van der Waals surface area contributed by atoms with E-state index in [9.17, 15) is 14.4 Å². The van der Waals surface area contributed by atoms with Crippen LogP contribution in [-0.2, 0) is 9.59 Å². The zero-order chi connectivity index (χ0) is 18.9. The molecular formula is C18H32N4O4. The molecule has 2 N–H and O–H groups in total. The molecule has 1 atom stereocenters. The van der Waals surface area contributed by atoms with E-state index in [4.69, 9.17) is 5.11 Å². The predicted octanol–water partition coefficient (Wildman–Crippen LogP) is 0.957. The maximum atomic E-state index is 12.8. The van der Waals surface area contributed by atoms with Crippen LogP contribution in [0.3, 0.4) is 0 Å². The monoisotopic (exact) mass is 368 g/mol. The summed E-state index contributed by atoms with van der Waals surface area (Å²) in [7, 11) is 0. The largest absolute Gasteiger partial charge is 0.395 e. The lowest BCUT2D eigenvalue weighted by atomic mass is 9.97. The van der Waals surface area contributed by atoms with Gasteiger partial charge in [0.15, 0.2) is 0 Å². The van der Waals surface area contributed by atoms with Crippen LogP contribution >= 0.6 is 0 Å². The van der Waals surface area contributed by atoms with E-state index >= 15 is 0 Å². The summed E-state index contributed by atoms with van der Waals surface area (Å²) < 4.78 is 0. The summed E-state index contributed by atoms with van der Waals surface area (Å²) in [5.74, 6) is -1.64. The number of amides is 4. The Morgan fingerprint density at radius 2 is 1.65 bits per heavy atom. The number of imide groups is 2. The molecule has 2 saturated heterocycles. The van der Waals surface area contributed by atoms with Gasteiger partial charge in [-0.15, -0.1) is 0 Å². The van der Waals surface area contributed by atoms with Crippen molar-refractivity contribution >= 4 is 17.8 Å². The number of barbiturate groups is 1. The predicted molar refractivity (Wildman–Crippen MR) is 97.0 cm³/mol. The number of aliphatic hydroxyl groups is 1. The molecule has 148 valence electrons. The molecule has 0 aliphatic carbocycles. The highest BCUT2D eigenvalue weighted by atomic mass is 16.3. The maximum Gasteiger partial charge on any atom is 0.345 e. The fourth-order valence-corrected chi connectivity index (χ4v) is 3.56. The molecule has 26 heavy (non-hydrogen) atoms. The molecule has 2 aliphatic rings. The van der Waals surface area contributed by atoms with Crippen LogP contribution in [-0.4, -0.2) is 77.2 Å². The fourth-order valence-electron chi connectivity index (χ4n) is 3.56. The summed E-state index contributed by atoms with van der Waals surface area (Å²) in [5.41, 5.74) is 0. The highest BCUT2D eigenvalue weighted by Gasteiger charge is 2.43. The topological polar surface area (TPSA) is 93.2 Å². The van der Waals surface area contributed by atoms with Gasteiger partial charge in [0.05, 0.1) is 6.61 Å². The maximum absolute atomic E-state index is 12.8. The van der Waals surface area contributed by atoms with Gasteiger partial charge >= 0.3 is 6.03 Å². The first kappa shape index (κ1) is 20.8. The number of carbonyl (C=O) groups is 3. The lowest BCUT2D eigenvalue weighted by Crippen LogP contribution is -2.66. The summed E-state index contributed by atoms with van der Waals surface area (Å²) >= 11 is 0. The van der Waals surface area contributed by atoms with Gasteiger partial charge in [0, 0.05) is 32.7 Å². The van der Waals surface area contributed by atoms with Crippen LogP contribution in [0.1, 0.15) is 51.9 Å². The van der Waals surface area contributed by atoms with E-state index in [1.165, 1.54) is 19.3 Å². The Morgan fingerprint density at radius 1 is 1.00 bits per heavy atom. The van der Waals surface area contributed by atoms with Crippen LogP contribution in [0.25, 0.3) is 0 Å². The van der Waals surface area contributed by atoms with E-state index in [0.29, 0.717) is 39.1 Å². The number of urea groups is 1. The zero-order valence-corrected chi connectivity index (χ0v) is 15.8. The molecule has 2 rings (SSSR count). The molecular weight excluding hydrogens is 336 g/mol. The molecule has 4 amide bonds. The van der Waals surface area contributed by atoms with Gasteiger partial charge in [-0.2, -0.15) is 5.01 Å². The van der Waals surface area contributed by atoms with Gasteiger partial charge in [-0.25, -0.2) is 9.80 Å². The van der Waals surface area contributed by atoms with Crippen molar-refractivity contribution in [3.63, 3.8) is 0 Å². The molecule has 0 radical (unpaired) electrons. The number of hydrogen-bond acceptors (Lipinski definition) is 6. The number of hydrogen-bond donors (Lipinski definition) is 2. The Labute approximate surface area is 155 Å². The molecule has 1 unspecified atom stereocenters. The normalized spacial score (nSPS) is 22.8. The minimum absolute atomic E-state index is 0.0952. The van der Waals surface area contributed by atoms with Crippen LogP contribution in [0.15, 0.2) is 0 Å². The Morgan fingerprint density at radius 3 is 2.31 bits per heavy atom. The van der Waals surface area contributed by atoms with Crippen molar-refractivity contribution in [3.05, 3.63) is 0 Å².